The molecule has 1 aromatic carbocycles. The summed E-state index contributed by atoms with van der Waals surface area (Å²) >= 11 is 3.07. The van der Waals surface area contributed by atoms with Crippen molar-refractivity contribution in [1.82, 2.24) is 20.9 Å². The minimum Gasteiger partial charge on any atom is -0.409 e. The fourth-order valence-corrected chi connectivity index (χ4v) is 3.15. The van der Waals surface area contributed by atoms with E-state index in [4.69, 9.17) is 4.63 Å². The van der Waals surface area contributed by atoms with E-state index in [0.29, 0.717) is 5.69 Å². The van der Waals surface area contributed by atoms with Crippen LogP contribution in [0.4, 0.5) is 15.9 Å². The van der Waals surface area contributed by atoms with Gasteiger partial charge >= 0.3 is 0 Å². The van der Waals surface area contributed by atoms with Gasteiger partial charge in [-0.3, -0.25) is 0 Å². The molecule has 0 aliphatic rings. The summed E-state index contributed by atoms with van der Waals surface area (Å²) in [6.07, 6.45) is -0.714. The summed E-state index contributed by atoms with van der Waals surface area (Å²) < 4.78 is 45.5. The fourth-order valence-electron chi connectivity index (χ4n) is 2.24. The van der Waals surface area contributed by atoms with E-state index in [1.54, 1.807) is 6.92 Å². The maximum absolute atomic E-state index is 13.4. The first-order chi connectivity index (χ1) is 15.6. The molecule has 0 bridgehead atoms. The van der Waals surface area contributed by atoms with Crippen molar-refractivity contribution in [3.05, 3.63) is 34.2 Å². The molecular formula is C17H24BrFN8O5S. The van der Waals surface area contributed by atoms with Crippen LogP contribution < -0.4 is 21.3 Å². The predicted octanol–water partition coefficient (Wildman–Crippen LogP) is 0.897. The molecule has 16 heteroatoms. The highest BCUT2D eigenvalue weighted by molar-refractivity contribution is 9.10. The van der Waals surface area contributed by atoms with Crippen LogP contribution in [-0.4, -0.2) is 72.3 Å². The van der Waals surface area contributed by atoms with Gasteiger partial charge in [0, 0.05) is 25.3 Å². The summed E-state index contributed by atoms with van der Waals surface area (Å²) in [6, 6.07) is 4.09. The van der Waals surface area contributed by atoms with Gasteiger partial charge in [-0.05, 0) is 58.3 Å². The molecule has 2 aromatic rings. The van der Waals surface area contributed by atoms with E-state index in [-0.39, 0.29) is 53.2 Å². The van der Waals surface area contributed by atoms with Gasteiger partial charge < -0.3 is 31.6 Å². The largest absolute Gasteiger partial charge is 0.409 e. The van der Waals surface area contributed by atoms with E-state index in [0.717, 1.165) is 0 Å². The van der Waals surface area contributed by atoms with Crippen molar-refractivity contribution in [3.8, 4) is 0 Å². The summed E-state index contributed by atoms with van der Waals surface area (Å²) in [4.78, 5) is 0. The average Bonchev–Trinajstić information content (AvgIpc) is 3.23. The predicted molar refractivity (Wildman–Crippen MR) is 123 cm³/mol. The van der Waals surface area contributed by atoms with Crippen LogP contribution in [-0.2, 0) is 10.0 Å². The summed E-state index contributed by atoms with van der Waals surface area (Å²) in [6.45, 7) is 3.51. The number of guanidine groups is 1. The number of nitrogens with one attached hydrogen (secondary N) is 4. The highest BCUT2D eigenvalue weighted by Crippen LogP contribution is 2.21. The molecule has 0 aliphatic carbocycles. The van der Waals surface area contributed by atoms with Crippen LogP contribution in [0.1, 0.15) is 19.5 Å². The molecule has 182 valence electrons. The van der Waals surface area contributed by atoms with E-state index in [2.05, 4.69) is 57.1 Å². The van der Waals surface area contributed by atoms with Crippen LogP contribution >= 0.6 is 15.9 Å². The minimum atomic E-state index is -3.66. The monoisotopic (exact) mass is 550 g/mol. The molecule has 0 unspecified atom stereocenters. The number of aliphatic hydroxyl groups excluding tert-OH is 1. The van der Waals surface area contributed by atoms with Gasteiger partial charge in [-0.2, -0.15) is 0 Å². The Balaban J connectivity index is 2.00. The quantitative estimate of drug-likeness (QED) is 0.0810. The van der Waals surface area contributed by atoms with Crippen LogP contribution in [0.15, 0.2) is 36.9 Å². The number of aliphatic hydroxyl groups is 1. The molecule has 0 amide bonds. The third kappa shape index (κ3) is 8.47. The highest BCUT2D eigenvalue weighted by atomic mass is 79.9. The van der Waals surface area contributed by atoms with Gasteiger partial charge in [0.05, 0.1) is 16.3 Å². The maximum Gasteiger partial charge on any atom is 0.256 e. The molecule has 0 aliphatic heterocycles. The first kappa shape index (κ1) is 26.3. The number of anilines is 2. The van der Waals surface area contributed by atoms with Crippen LogP contribution in [0.5, 0.6) is 0 Å². The van der Waals surface area contributed by atoms with Gasteiger partial charge in [0.15, 0.2) is 5.69 Å². The van der Waals surface area contributed by atoms with Crippen molar-refractivity contribution in [3.63, 3.8) is 0 Å². The zero-order chi connectivity index (χ0) is 24.4. The number of hydrogen-bond donors (Lipinski definition) is 6. The number of halogens is 2. The van der Waals surface area contributed by atoms with Crippen molar-refractivity contribution in [2.24, 2.45) is 9.55 Å². The molecule has 1 atom stereocenters. The molecule has 1 aromatic heterocycles. The van der Waals surface area contributed by atoms with Gasteiger partial charge in [-0.1, -0.05) is 5.16 Å². The molecule has 0 radical (unpaired) electrons. The molecular weight excluding hydrogens is 527 g/mol. The summed E-state index contributed by atoms with van der Waals surface area (Å²) in [7, 11) is -3.66. The average molecular weight is 551 g/mol. The van der Waals surface area contributed by atoms with E-state index in [9.17, 15) is 23.1 Å². The summed E-state index contributed by atoms with van der Waals surface area (Å²) in [5.41, 5.74) is 0.460. The Morgan fingerprint density at radius 2 is 2.06 bits per heavy atom. The van der Waals surface area contributed by atoms with E-state index in [1.807, 2.05) is 0 Å². The minimum absolute atomic E-state index is 0.0146. The molecule has 0 saturated heterocycles. The number of rotatable bonds is 10. The van der Waals surface area contributed by atoms with Gasteiger partial charge in [0.1, 0.15) is 5.82 Å². The third-order valence-electron chi connectivity index (χ3n) is 3.87. The molecule has 33 heavy (non-hydrogen) atoms. The Bertz CT molecular complexity index is 1090. The van der Waals surface area contributed by atoms with Gasteiger partial charge in [-0.25, -0.2) is 17.4 Å². The third-order valence-corrected chi connectivity index (χ3v) is 5.66. The lowest BCUT2D eigenvalue weighted by molar-refractivity contribution is 0.197. The standard InChI is InChI=1S/C17H24BrFN8O5S/c1-3-33(30,31)27-17(22-9-10(2)28)21-7-6-20-15-14(25-32-26-15)16(24-29)23-11-4-5-13(19)12(18)8-11/h4-5,8,10,28-29H,3,6-7,9H2,1-2H3,(H,20,26)(H,23,24)(H2,21,22,27)/t10-/m1/s1. The second kappa shape index (κ2) is 12.3. The Morgan fingerprint density at radius 1 is 1.30 bits per heavy atom. The van der Waals surface area contributed by atoms with Crippen LogP contribution in [0, 0.1) is 5.82 Å². The van der Waals surface area contributed by atoms with Crippen molar-refractivity contribution < 1.29 is 27.8 Å². The molecule has 13 nitrogen and oxygen atoms in total. The molecule has 2 rings (SSSR count). The smallest absolute Gasteiger partial charge is 0.256 e. The Labute approximate surface area is 197 Å². The number of nitrogens with zero attached hydrogens (tertiary/aromatic N) is 4. The van der Waals surface area contributed by atoms with Crippen LogP contribution in [0.25, 0.3) is 0 Å². The number of aromatic nitrogens is 2. The van der Waals surface area contributed by atoms with Crippen molar-refractivity contribution in [2.75, 3.05) is 36.0 Å². The Kier molecular flexibility index (Phi) is 9.80. The lowest BCUT2D eigenvalue weighted by Gasteiger charge is -2.14. The Morgan fingerprint density at radius 3 is 2.70 bits per heavy atom. The van der Waals surface area contributed by atoms with E-state index < -0.39 is 21.9 Å². The van der Waals surface area contributed by atoms with Crippen molar-refractivity contribution in [1.29, 1.82) is 0 Å². The molecule has 0 spiro atoms. The number of sulfonamides is 1. The number of oxime groups is 1. The number of benzene rings is 1. The van der Waals surface area contributed by atoms with Gasteiger partial charge in [-0.15, -0.1) is 4.40 Å². The highest BCUT2D eigenvalue weighted by Gasteiger charge is 2.18. The molecule has 0 saturated carbocycles. The van der Waals surface area contributed by atoms with Gasteiger partial charge in [0.25, 0.3) is 10.0 Å². The first-order valence-electron chi connectivity index (χ1n) is 9.64. The molecule has 1 heterocycles. The fraction of sp³-hybridized carbons (Fsp3) is 0.412. The molecule has 0 fully saturated rings. The Hall–Kier alpha value is -2.98. The lowest BCUT2D eigenvalue weighted by Crippen LogP contribution is -2.43. The SMILES string of the molecule is CCS(=O)(=O)/N=C(/NCCNc1nonc1/C(=N/O)Nc1ccc(F)c(Br)c1)NC[C@@H](C)O. The lowest BCUT2D eigenvalue weighted by atomic mass is 10.3. The van der Waals surface area contributed by atoms with Crippen LogP contribution in [0.3, 0.4) is 0 Å². The summed E-state index contributed by atoms with van der Waals surface area (Å²) in [5, 5.41) is 40.5. The maximum atomic E-state index is 13.4. The normalized spacial score (nSPS) is 13.5. The zero-order valence-corrected chi connectivity index (χ0v) is 20.1. The van der Waals surface area contributed by atoms with Crippen LogP contribution in [0.2, 0.25) is 0 Å². The number of amidine groups is 1. The molecule has 6 N–H and O–H groups in total. The van der Waals surface area contributed by atoms with Gasteiger partial charge in [0.2, 0.25) is 17.6 Å². The topological polar surface area (TPSA) is 186 Å². The first-order valence-corrected chi connectivity index (χ1v) is 12.0. The number of hydrogen-bond acceptors (Lipinski definition) is 9. The van der Waals surface area contributed by atoms with Crippen molar-refractivity contribution >= 4 is 49.3 Å². The van der Waals surface area contributed by atoms with E-state index in [1.165, 1.54) is 25.1 Å². The van der Waals surface area contributed by atoms with E-state index >= 15 is 0 Å². The zero-order valence-electron chi connectivity index (χ0n) is 17.7. The second-order valence-electron chi connectivity index (χ2n) is 6.56. The second-order valence-corrected chi connectivity index (χ2v) is 9.34. The summed E-state index contributed by atoms with van der Waals surface area (Å²) in [5.74, 6) is -0.630. The van der Waals surface area contributed by atoms with Crippen molar-refractivity contribution in [2.45, 2.75) is 20.0 Å².